The van der Waals surface area contributed by atoms with Crippen molar-refractivity contribution in [2.45, 2.75) is 13.0 Å². The Morgan fingerprint density at radius 2 is 1.50 bits per heavy atom. The summed E-state index contributed by atoms with van der Waals surface area (Å²) in [6.45, 7) is 0.185. The molecule has 0 aliphatic carbocycles. The fourth-order valence-electron chi connectivity index (χ4n) is 1.98. The number of carbonyl (C=O) groups excluding carboxylic acids is 1. The quantitative estimate of drug-likeness (QED) is 0.607. The lowest BCUT2D eigenvalue weighted by molar-refractivity contribution is -0.152. The molecule has 0 heterocycles. The van der Waals surface area contributed by atoms with Gasteiger partial charge in [-0.3, -0.25) is 14.4 Å². The molecule has 0 aliphatic heterocycles. The van der Waals surface area contributed by atoms with Gasteiger partial charge in [-0.2, -0.15) is 0 Å². The summed E-state index contributed by atoms with van der Waals surface area (Å²) in [5, 5.41) is 9.20. The molecule has 0 aromatic heterocycles. The second kappa shape index (κ2) is 7.95. The molecular weight excluding hydrogens is 282 g/mol. The molecule has 0 saturated heterocycles. The van der Waals surface area contributed by atoms with Crippen molar-refractivity contribution < 1.29 is 19.5 Å². The number of hydroxylamine groups is 1. The maximum atomic E-state index is 12.0. The number of rotatable bonds is 7. The standard InChI is InChI=1S/C17H17NO4/c19-16(18-22-12-14-9-5-2-6-10-14)15(17(20)21)11-13-7-3-1-4-8-13/h1-10,15H,11-12H2,(H,18,19)(H,20,21)/t15-/m1/s1. The number of hydrogen-bond acceptors (Lipinski definition) is 3. The van der Waals surface area contributed by atoms with Gasteiger partial charge in [0.1, 0.15) is 5.92 Å². The first-order valence-electron chi connectivity index (χ1n) is 6.89. The third-order valence-corrected chi connectivity index (χ3v) is 3.15. The largest absolute Gasteiger partial charge is 0.481 e. The van der Waals surface area contributed by atoms with E-state index >= 15 is 0 Å². The Bertz CT molecular complexity index is 613. The highest BCUT2D eigenvalue weighted by Gasteiger charge is 2.26. The second-order valence-electron chi connectivity index (χ2n) is 4.82. The number of aliphatic carboxylic acids is 1. The zero-order valence-corrected chi connectivity index (χ0v) is 11.9. The van der Waals surface area contributed by atoms with Gasteiger partial charge in [-0.25, -0.2) is 5.48 Å². The number of benzene rings is 2. The molecule has 0 aliphatic rings. The molecule has 114 valence electrons. The molecule has 2 aromatic rings. The van der Waals surface area contributed by atoms with Gasteiger partial charge in [-0.15, -0.1) is 0 Å². The number of carboxylic acids is 1. The first-order valence-corrected chi connectivity index (χ1v) is 6.89. The Balaban J connectivity index is 1.88. The lowest BCUT2D eigenvalue weighted by atomic mass is 9.99. The summed E-state index contributed by atoms with van der Waals surface area (Å²) in [5.41, 5.74) is 3.89. The molecule has 5 nitrogen and oxygen atoms in total. The minimum Gasteiger partial charge on any atom is -0.481 e. The fourth-order valence-corrected chi connectivity index (χ4v) is 1.98. The van der Waals surface area contributed by atoms with Crippen LogP contribution in [0.1, 0.15) is 11.1 Å². The fraction of sp³-hybridized carbons (Fsp3) is 0.176. The molecule has 5 heteroatoms. The van der Waals surface area contributed by atoms with Gasteiger partial charge in [0.05, 0.1) is 6.61 Å². The Hall–Kier alpha value is -2.66. The van der Waals surface area contributed by atoms with Crippen molar-refractivity contribution in [1.29, 1.82) is 0 Å². The zero-order valence-electron chi connectivity index (χ0n) is 11.9. The normalized spacial score (nSPS) is 11.6. The predicted octanol–water partition coefficient (Wildman–Crippen LogP) is 2.18. The lowest BCUT2D eigenvalue weighted by Crippen LogP contribution is -2.36. The minimum atomic E-state index is -1.18. The van der Waals surface area contributed by atoms with Gasteiger partial charge < -0.3 is 5.11 Å². The van der Waals surface area contributed by atoms with Crippen LogP contribution >= 0.6 is 0 Å². The van der Waals surface area contributed by atoms with E-state index in [2.05, 4.69) is 5.48 Å². The van der Waals surface area contributed by atoms with E-state index in [9.17, 15) is 14.7 Å². The van der Waals surface area contributed by atoms with Crippen LogP contribution in [0.15, 0.2) is 60.7 Å². The third-order valence-electron chi connectivity index (χ3n) is 3.15. The minimum absolute atomic E-state index is 0.122. The maximum Gasteiger partial charge on any atom is 0.316 e. The van der Waals surface area contributed by atoms with E-state index in [4.69, 9.17) is 4.84 Å². The lowest BCUT2D eigenvalue weighted by Gasteiger charge is -2.13. The van der Waals surface area contributed by atoms with Crippen LogP contribution < -0.4 is 5.48 Å². The van der Waals surface area contributed by atoms with E-state index in [0.29, 0.717) is 0 Å². The van der Waals surface area contributed by atoms with Crippen molar-refractivity contribution >= 4 is 11.9 Å². The first-order chi connectivity index (χ1) is 10.7. The van der Waals surface area contributed by atoms with Crippen LogP contribution in [0.3, 0.4) is 0 Å². The van der Waals surface area contributed by atoms with E-state index in [0.717, 1.165) is 11.1 Å². The molecule has 2 aromatic carbocycles. The number of nitrogens with one attached hydrogen (secondary N) is 1. The molecule has 0 spiro atoms. The van der Waals surface area contributed by atoms with E-state index < -0.39 is 17.8 Å². The summed E-state index contributed by atoms with van der Waals surface area (Å²) in [6.07, 6.45) is 0.122. The molecule has 0 unspecified atom stereocenters. The van der Waals surface area contributed by atoms with E-state index in [-0.39, 0.29) is 13.0 Å². The maximum absolute atomic E-state index is 12.0. The highest BCUT2D eigenvalue weighted by Crippen LogP contribution is 2.10. The Labute approximate surface area is 128 Å². The van der Waals surface area contributed by atoms with Gasteiger partial charge >= 0.3 is 5.97 Å². The first kappa shape index (κ1) is 15.7. The Kier molecular flexibility index (Phi) is 5.68. The predicted molar refractivity (Wildman–Crippen MR) is 80.6 cm³/mol. The molecule has 2 N–H and O–H groups in total. The summed E-state index contributed by atoms with van der Waals surface area (Å²) < 4.78 is 0. The molecule has 22 heavy (non-hydrogen) atoms. The van der Waals surface area contributed by atoms with Crippen molar-refractivity contribution in [3.05, 3.63) is 71.8 Å². The Morgan fingerprint density at radius 1 is 0.955 bits per heavy atom. The van der Waals surface area contributed by atoms with Crippen LogP contribution in [0, 0.1) is 5.92 Å². The molecule has 1 atom stereocenters. The monoisotopic (exact) mass is 299 g/mol. The van der Waals surface area contributed by atoms with Gasteiger partial charge in [0, 0.05) is 0 Å². The molecule has 0 bridgehead atoms. The van der Waals surface area contributed by atoms with Crippen molar-refractivity contribution in [3.8, 4) is 0 Å². The van der Waals surface area contributed by atoms with Crippen LogP contribution in [0.5, 0.6) is 0 Å². The second-order valence-corrected chi connectivity index (χ2v) is 4.82. The van der Waals surface area contributed by atoms with Gasteiger partial charge in [0.2, 0.25) is 0 Å². The van der Waals surface area contributed by atoms with Crippen molar-refractivity contribution in [2.24, 2.45) is 5.92 Å². The van der Waals surface area contributed by atoms with E-state index in [1.807, 2.05) is 36.4 Å². The highest BCUT2D eigenvalue weighted by atomic mass is 16.6. The number of hydrogen-bond donors (Lipinski definition) is 2. The van der Waals surface area contributed by atoms with Crippen LogP contribution in [0.4, 0.5) is 0 Å². The van der Waals surface area contributed by atoms with E-state index in [1.54, 1.807) is 24.3 Å². The molecule has 2 rings (SSSR count). The zero-order chi connectivity index (χ0) is 15.8. The average molecular weight is 299 g/mol. The third kappa shape index (κ3) is 4.71. The van der Waals surface area contributed by atoms with E-state index in [1.165, 1.54) is 0 Å². The number of amides is 1. The summed E-state index contributed by atoms with van der Waals surface area (Å²) in [6, 6.07) is 18.3. The van der Waals surface area contributed by atoms with Gasteiger partial charge in [0.15, 0.2) is 0 Å². The van der Waals surface area contributed by atoms with Crippen molar-refractivity contribution in [3.63, 3.8) is 0 Å². The van der Waals surface area contributed by atoms with Gasteiger partial charge in [-0.05, 0) is 17.5 Å². The summed E-state index contributed by atoms with van der Waals surface area (Å²) in [4.78, 5) is 28.3. The molecular formula is C17H17NO4. The van der Waals surface area contributed by atoms with Crippen LogP contribution in [-0.2, 0) is 27.5 Å². The summed E-state index contributed by atoms with van der Waals surface area (Å²) in [7, 11) is 0. The van der Waals surface area contributed by atoms with Crippen LogP contribution in [-0.4, -0.2) is 17.0 Å². The van der Waals surface area contributed by atoms with Gasteiger partial charge in [-0.1, -0.05) is 60.7 Å². The van der Waals surface area contributed by atoms with Crippen molar-refractivity contribution in [2.75, 3.05) is 0 Å². The molecule has 1 amide bonds. The number of carboxylic acid groups (broad SMARTS) is 1. The molecule has 0 saturated carbocycles. The highest BCUT2D eigenvalue weighted by molar-refractivity contribution is 5.96. The SMILES string of the molecule is O=C(O)[C@H](Cc1ccccc1)C(=O)NOCc1ccccc1. The molecule has 0 fully saturated rings. The van der Waals surface area contributed by atoms with Crippen molar-refractivity contribution in [1.82, 2.24) is 5.48 Å². The van der Waals surface area contributed by atoms with Crippen LogP contribution in [0.25, 0.3) is 0 Å². The summed E-state index contributed by atoms with van der Waals surface area (Å²) >= 11 is 0. The topological polar surface area (TPSA) is 75.6 Å². The van der Waals surface area contributed by atoms with Gasteiger partial charge in [0.25, 0.3) is 5.91 Å². The molecule has 0 radical (unpaired) electrons. The summed E-state index contributed by atoms with van der Waals surface area (Å²) in [5.74, 6) is -3.02. The van der Waals surface area contributed by atoms with Crippen LogP contribution in [0.2, 0.25) is 0 Å². The average Bonchev–Trinajstić information content (AvgIpc) is 2.54. The smallest absolute Gasteiger partial charge is 0.316 e. The number of carbonyl (C=O) groups is 2. The Morgan fingerprint density at radius 3 is 2.05 bits per heavy atom.